The van der Waals surface area contributed by atoms with Crippen molar-refractivity contribution in [1.29, 1.82) is 0 Å². The fraction of sp³-hybridized carbons (Fsp3) is 0.400. The van der Waals surface area contributed by atoms with E-state index in [0.717, 1.165) is 0 Å². The highest BCUT2D eigenvalue weighted by molar-refractivity contribution is 5.81. The lowest BCUT2D eigenvalue weighted by Crippen LogP contribution is -2.32. The van der Waals surface area contributed by atoms with Crippen molar-refractivity contribution in [2.45, 2.75) is 32.1 Å². The molecule has 0 bridgehead atoms. The van der Waals surface area contributed by atoms with Gasteiger partial charge < -0.3 is 20.1 Å². The van der Waals surface area contributed by atoms with Gasteiger partial charge in [0.15, 0.2) is 0 Å². The number of carbonyl (C=O) groups is 3. The molecule has 2 amide bonds. The molecule has 0 aromatic heterocycles. The first-order chi connectivity index (χ1) is 15.4. The third-order valence-electron chi connectivity index (χ3n) is 5.90. The molecule has 7 heteroatoms. The summed E-state index contributed by atoms with van der Waals surface area (Å²) < 4.78 is 5.52. The van der Waals surface area contributed by atoms with Gasteiger partial charge in [-0.3, -0.25) is 9.59 Å². The van der Waals surface area contributed by atoms with Crippen molar-refractivity contribution < 1.29 is 24.2 Å². The first-order valence-electron chi connectivity index (χ1n) is 10.9. The van der Waals surface area contributed by atoms with E-state index in [1.54, 1.807) is 0 Å². The maximum atomic E-state index is 12.2. The molecule has 0 radical (unpaired) electrons. The van der Waals surface area contributed by atoms with Crippen molar-refractivity contribution >= 4 is 18.0 Å². The molecule has 0 heterocycles. The van der Waals surface area contributed by atoms with Crippen LogP contribution in [0.3, 0.4) is 0 Å². The first kappa shape index (κ1) is 23.3. The van der Waals surface area contributed by atoms with Crippen LogP contribution >= 0.6 is 0 Å². The highest BCUT2D eigenvalue weighted by atomic mass is 16.5. The number of ether oxygens (including phenoxy) is 1. The third-order valence-corrected chi connectivity index (χ3v) is 5.90. The van der Waals surface area contributed by atoms with Gasteiger partial charge in [0.05, 0.1) is 0 Å². The number of carbonyl (C=O) groups excluding carboxylic acids is 2. The van der Waals surface area contributed by atoms with Gasteiger partial charge in [0, 0.05) is 25.9 Å². The van der Waals surface area contributed by atoms with Gasteiger partial charge in [-0.2, -0.15) is 0 Å². The van der Waals surface area contributed by atoms with Crippen LogP contribution < -0.4 is 5.32 Å². The van der Waals surface area contributed by atoms with Crippen LogP contribution in [0.1, 0.15) is 43.2 Å². The minimum Gasteiger partial charge on any atom is -0.480 e. The summed E-state index contributed by atoms with van der Waals surface area (Å²) in [5.41, 5.74) is 4.73. The van der Waals surface area contributed by atoms with E-state index >= 15 is 0 Å². The summed E-state index contributed by atoms with van der Waals surface area (Å²) >= 11 is 0. The molecule has 0 saturated carbocycles. The van der Waals surface area contributed by atoms with Gasteiger partial charge in [-0.15, -0.1) is 0 Å². The summed E-state index contributed by atoms with van der Waals surface area (Å²) in [6.45, 7) is 2.44. The molecule has 170 valence electrons. The zero-order valence-electron chi connectivity index (χ0n) is 18.5. The molecule has 0 saturated heterocycles. The maximum Gasteiger partial charge on any atom is 0.407 e. The lowest BCUT2D eigenvalue weighted by Gasteiger charge is -2.17. The van der Waals surface area contributed by atoms with E-state index in [1.165, 1.54) is 34.2 Å². The van der Waals surface area contributed by atoms with E-state index in [4.69, 9.17) is 9.84 Å². The number of nitrogens with zero attached hydrogens (tertiary/aromatic N) is 1. The van der Waals surface area contributed by atoms with E-state index in [2.05, 4.69) is 29.6 Å². The Kier molecular flexibility index (Phi) is 7.87. The lowest BCUT2D eigenvalue weighted by molar-refractivity contribution is -0.143. The average Bonchev–Trinajstić information content (AvgIpc) is 3.09. The van der Waals surface area contributed by atoms with Gasteiger partial charge in [-0.25, -0.2) is 4.79 Å². The minimum absolute atomic E-state index is 0.0286. The second kappa shape index (κ2) is 10.8. The van der Waals surface area contributed by atoms with Crippen LogP contribution in [0.25, 0.3) is 11.1 Å². The summed E-state index contributed by atoms with van der Waals surface area (Å²) in [6.07, 6.45) is 1.18. The number of benzene rings is 2. The van der Waals surface area contributed by atoms with Crippen LogP contribution in [-0.2, 0) is 14.3 Å². The van der Waals surface area contributed by atoms with Crippen LogP contribution in [0, 0.1) is 5.92 Å². The lowest BCUT2D eigenvalue weighted by atomic mass is 9.98. The highest BCUT2D eigenvalue weighted by Crippen LogP contribution is 2.44. The molecule has 1 aliphatic rings. The Morgan fingerprint density at radius 1 is 1.03 bits per heavy atom. The summed E-state index contributed by atoms with van der Waals surface area (Å²) in [5, 5.41) is 11.5. The molecule has 1 atom stereocenters. The molecule has 32 heavy (non-hydrogen) atoms. The van der Waals surface area contributed by atoms with Gasteiger partial charge in [0.25, 0.3) is 0 Å². The number of alkyl carbamates (subject to hydrolysis) is 1. The zero-order valence-corrected chi connectivity index (χ0v) is 18.5. The molecule has 2 aromatic rings. The predicted molar refractivity (Wildman–Crippen MR) is 121 cm³/mol. The first-order valence-corrected chi connectivity index (χ1v) is 10.9. The molecule has 2 aromatic carbocycles. The molecular weight excluding hydrogens is 408 g/mol. The second-order valence-corrected chi connectivity index (χ2v) is 8.33. The molecule has 1 unspecified atom stereocenters. The van der Waals surface area contributed by atoms with Crippen LogP contribution in [0.5, 0.6) is 0 Å². The molecule has 7 nitrogen and oxygen atoms in total. The Balaban J connectivity index is 1.40. The minimum atomic E-state index is -1.03. The van der Waals surface area contributed by atoms with E-state index < -0.39 is 12.1 Å². The molecule has 3 rings (SSSR count). The van der Waals surface area contributed by atoms with Gasteiger partial charge in [-0.05, 0) is 41.0 Å². The Bertz CT molecular complexity index is 929. The fourth-order valence-corrected chi connectivity index (χ4v) is 4.07. The predicted octanol–water partition coefficient (Wildman–Crippen LogP) is 3.87. The highest BCUT2D eigenvalue weighted by Gasteiger charge is 2.28. The monoisotopic (exact) mass is 438 g/mol. The van der Waals surface area contributed by atoms with E-state index in [-0.39, 0.29) is 37.3 Å². The molecule has 0 fully saturated rings. The van der Waals surface area contributed by atoms with E-state index in [0.29, 0.717) is 19.4 Å². The Morgan fingerprint density at radius 3 is 2.22 bits per heavy atom. The fourth-order valence-electron chi connectivity index (χ4n) is 4.07. The van der Waals surface area contributed by atoms with Gasteiger partial charge in [0.1, 0.15) is 13.2 Å². The number of carboxylic acid groups (broad SMARTS) is 1. The number of aliphatic carboxylic acids is 1. The number of hydrogen-bond donors (Lipinski definition) is 2. The zero-order chi connectivity index (χ0) is 23.1. The number of nitrogens with one attached hydrogen (secondary N) is 1. The Labute approximate surface area is 188 Å². The molecule has 0 aliphatic heterocycles. The number of likely N-dealkylation sites (N-methyl/N-ethyl adjacent to an activating group) is 1. The molecule has 2 N–H and O–H groups in total. The molecule has 1 aliphatic carbocycles. The van der Waals surface area contributed by atoms with Crippen LogP contribution in [-0.4, -0.2) is 54.7 Å². The SMILES string of the molecule is CC(CCNC(=O)OCC1c2ccccc2-c2ccccc21)CCC(=O)N(C)CC(=O)O. The normalized spacial score (nSPS) is 13.1. The average molecular weight is 439 g/mol. The van der Waals surface area contributed by atoms with Crippen LogP contribution in [0.4, 0.5) is 4.79 Å². The van der Waals surface area contributed by atoms with Crippen LogP contribution in [0.2, 0.25) is 0 Å². The van der Waals surface area contributed by atoms with Gasteiger partial charge in [0.2, 0.25) is 5.91 Å². The van der Waals surface area contributed by atoms with Crippen molar-refractivity contribution in [3.8, 4) is 11.1 Å². The number of carboxylic acids is 1. The number of fused-ring (bicyclic) bond motifs is 3. The number of rotatable bonds is 10. The smallest absolute Gasteiger partial charge is 0.407 e. The maximum absolute atomic E-state index is 12.2. The van der Waals surface area contributed by atoms with Gasteiger partial charge >= 0.3 is 12.1 Å². The van der Waals surface area contributed by atoms with Crippen molar-refractivity contribution in [3.63, 3.8) is 0 Å². The summed E-state index contributed by atoms with van der Waals surface area (Å²) in [5.74, 6) is -0.975. The van der Waals surface area contributed by atoms with Gasteiger partial charge in [-0.1, -0.05) is 55.5 Å². The number of amides is 2. The largest absolute Gasteiger partial charge is 0.480 e. The topological polar surface area (TPSA) is 95.9 Å². The standard InChI is InChI=1S/C25H30N2O5/c1-17(11-12-23(28)27(2)15-24(29)30)13-14-26-25(31)32-16-22-20-9-5-3-7-18(20)19-8-4-6-10-21(19)22/h3-10,17,22H,11-16H2,1-2H3,(H,26,31)(H,29,30). The van der Waals surface area contributed by atoms with Crippen molar-refractivity contribution in [3.05, 3.63) is 59.7 Å². The van der Waals surface area contributed by atoms with Crippen molar-refractivity contribution in [1.82, 2.24) is 10.2 Å². The molecule has 0 spiro atoms. The van der Waals surface area contributed by atoms with E-state index in [1.807, 2.05) is 31.2 Å². The van der Waals surface area contributed by atoms with Crippen molar-refractivity contribution in [2.24, 2.45) is 5.92 Å². The second-order valence-electron chi connectivity index (χ2n) is 8.33. The summed E-state index contributed by atoms with van der Waals surface area (Å²) in [4.78, 5) is 36.0. The third kappa shape index (κ3) is 5.87. The summed E-state index contributed by atoms with van der Waals surface area (Å²) in [6, 6.07) is 16.4. The van der Waals surface area contributed by atoms with Crippen molar-refractivity contribution in [2.75, 3.05) is 26.7 Å². The summed E-state index contributed by atoms with van der Waals surface area (Å²) in [7, 11) is 1.49. The molecular formula is C25H30N2O5. The van der Waals surface area contributed by atoms with E-state index in [9.17, 15) is 14.4 Å². The Hall–Kier alpha value is -3.35. The number of hydrogen-bond acceptors (Lipinski definition) is 4. The Morgan fingerprint density at radius 2 is 1.62 bits per heavy atom. The quantitative estimate of drug-likeness (QED) is 0.587. The van der Waals surface area contributed by atoms with Crippen LogP contribution in [0.15, 0.2) is 48.5 Å².